The molecule has 1 aromatic heterocycles. The molecule has 0 aliphatic rings. The van der Waals surface area contributed by atoms with Crippen molar-refractivity contribution in [3.05, 3.63) is 83.2 Å². The average Bonchev–Trinajstić information content (AvgIpc) is 3.09. The van der Waals surface area contributed by atoms with E-state index < -0.39 is 5.97 Å². The van der Waals surface area contributed by atoms with E-state index in [4.69, 9.17) is 14.2 Å². The summed E-state index contributed by atoms with van der Waals surface area (Å²) >= 11 is 0. The van der Waals surface area contributed by atoms with Gasteiger partial charge in [-0.25, -0.2) is 4.79 Å². The predicted octanol–water partition coefficient (Wildman–Crippen LogP) is 4.16. The van der Waals surface area contributed by atoms with E-state index in [0.717, 1.165) is 30.1 Å². The molecule has 0 aliphatic heterocycles. The molecule has 0 spiro atoms. The number of esters is 1. The molecule has 0 bridgehead atoms. The van der Waals surface area contributed by atoms with Crippen LogP contribution in [0.1, 0.15) is 27.3 Å². The zero-order valence-corrected chi connectivity index (χ0v) is 18.1. The van der Waals surface area contributed by atoms with Crippen LogP contribution in [-0.2, 0) is 22.5 Å². The molecule has 162 valence electrons. The molecule has 3 rings (SSSR count). The van der Waals surface area contributed by atoms with Crippen LogP contribution >= 0.6 is 0 Å². The second-order valence-corrected chi connectivity index (χ2v) is 7.22. The Labute approximate surface area is 182 Å². The smallest absolute Gasteiger partial charge is 0.344 e. The van der Waals surface area contributed by atoms with Crippen molar-refractivity contribution in [1.29, 1.82) is 0 Å². The molecule has 0 N–H and O–H groups in total. The summed E-state index contributed by atoms with van der Waals surface area (Å²) in [5.74, 6) is 0.599. The normalized spacial score (nSPS) is 10.5. The number of aromatic nitrogens is 1. The first-order valence-electron chi connectivity index (χ1n) is 10.1. The summed E-state index contributed by atoms with van der Waals surface area (Å²) in [6, 6.07) is 18.8. The number of benzene rings is 2. The zero-order chi connectivity index (χ0) is 22.2. The number of carbonyl (C=O) groups excluding carboxylic acids is 2. The third-order valence-corrected chi connectivity index (χ3v) is 5.12. The minimum atomic E-state index is -0.578. The second-order valence-electron chi connectivity index (χ2n) is 7.22. The fraction of sp³-hybridized carbons (Fsp3) is 0.280. The summed E-state index contributed by atoms with van der Waals surface area (Å²) in [6.07, 6.45) is 0.833. The largest absolute Gasteiger partial charge is 0.497 e. The Bertz CT molecular complexity index is 1020. The first-order chi connectivity index (χ1) is 15.0. The standard InChI is InChI=1S/C25H27NO5/c1-18-15-23(19(2)26(18)14-13-20-9-11-21(29-3)12-10-20)24(27)16-31-25(28)17-30-22-7-5-4-6-8-22/h4-12,15H,13-14,16-17H2,1-3H3. The van der Waals surface area contributed by atoms with Gasteiger partial charge in [0.05, 0.1) is 7.11 Å². The molecule has 0 atom stereocenters. The summed E-state index contributed by atoms with van der Waals surface area (Å²) in [4.78, 5) is 24.5. The monoisotopic (exact) mass is 421 g/mol. The molecule has 6 nitrogen and oxygen atoms in total. The van der Waals surface area contributed by atoms with E-state index in [2.05, 4.69) is 4.57 Å². The van der Waals surface area contributed by atoms with Crippen LogP contribution in [0.3, 0.4) is 0 Å². The van der Waals surface area contributed by atoms with E-state index in [0.29, 0.717) is 11.3 Å². The molecule has 0 saturated heterocycles. The maximum absolute atomic E-state index is 12.6. The maximum Gasteiger partial charge on any atom is 0.344 e. The van der Waals surface area contributed by atoms with E-state index >= 15 is 0 Å². The quantitative estimate of drug-likeness (QED) is 0.363. The number of aryl methyl sites for hydroxylation is 2. The Morgan fingerprint density at radius 1 is 0.903 bits per heavy atom. The molecular formula is C25H27NO5. The molecule has 0 unspecified atom stereocenters. The summed E-state index contributed by atoms with van der Waals surface area (Å²) in [6.45, 7) is 4.09. The van der Waals surface area contributed by atoms with Gasteiger partial charge in [0, 0.05) is 23.5 Å². The van der Waals surface area contributed by atoms with E-state index in [1.807, 2.05) is 62.4 Å². The number of carbonyl (C=O) groups is 2. The highest BCUT2D eigenvalue weighted by atomic mass is 16.6. The second kappa shape index (κ2) is 10.5. The van der Waals surface area contributed by atoms with Crippen molar-refractivity contribution in [2.24, 2.45) is 0 Å². The minimum absolute atomic E-state index is 0.225. The Kier molecular flexibility index (Phi) is 7.49. The summed E-state index contributed by atoms with van der Waals surface area (Å²) in [5, 5.41) is 0. The van der Waals surface area contributed by atoms with Crippen molar-refractivity contribution in [3.63, 3.8) is 0 Å². The lowest BCUT2D eigenvalue weighted by molar-refractivity contribution is -0.144. The van der Waals surface area contributed by atoms with Gasteiger partial charge >= 0.3 is 5.97 Å². The van der Waals surface area contributed by atoms with Crippen LogP contribution in [-0.4, -0.2) is 36.6 Å². The Hall–Kier alpha value is -3.54. The van der Waals surface area contributed by atoms with E-state index in [9.17, 15) is 9.59 Å². The fourth-order valence-corrected chi connectivity index (χ4v) is 3.39. The van der Waals surface area contributed by atoms with Gasteiger partial charge in [-0.2, -0.15) is 0 Å². The highest BCUT2D eigenvalue weighted by Crippen LogP contribution is 2.18. The summed E-state index contributed by atoms with van der Waals surface area (Å²) < 4.78 is 17.7. The molecular weight excluding hydrogens is 394 g/mol. The number of methoxy groups -OCH3 is 1. The Morgan fingerprint density at radius 3 is 2.29 bits per heavy atom. The topological polar surface area (TPSA) is 66.8 Å². The molecule has 0 radical (unpaired) electrons. The molecule has 0 fully saturated rings. The van der Waals surface area contributed by atoms with E-state index in [-0.39, 0.29) is 19.0 Å². The van der Waals surface area contributed by atoms with Gasteiger partial charge in [0.15, 0.2) is 13.2 Å². The van der Waals surface area contributed by atoms with Gasteiger partial charge in [0.25, 0.3) is 0 Å². The number of Topliss-reactive ketones (excluding diaryl/α,β-unsaturated/α-hetero) is 1. The van der Waals surface area contributed by atoms with Crippen LogP contribution in [0.25, 0.3) is 0 Å². The number of nitrogens with zero attached hydrogens (tertiary/aromatic N) is 1. The van der Waals surface area contributed by atoms with Crippen LogP contribution in [0, 0.1) is 13.8 Å². The van der Waals surface area contributed by atoms with Crippen LogP contribution in [0.5, 0.6) is 11.5 Å². The van der Waals surface area contributed by atoms with Crippen LogP contribution in [0.15, 0.2) is 60.7 Å². The number of rotatable bonds is 10. The Morgan fingerprint density at radius 2 is 1.61 bits per heavy atom. The van der Waals surface area contributed by atoms with E-state index in [1.165, 1.54) is 5.56 Å². The molecule has 0 saturated carbocycles. The third-order valence-electron chi connectivity index (χ3n) is 5.12. The minimum Gasteiger partial charge on any atom is -0.497 e. The predicted molar refractivity (Wildman–Crippen MR) is 118 cm³/mol. The Balaban J connectivity index is 1.53. The van der Waals surface area contributed by atoms with Gasteiger partial charge in [-0.05, 0) is 56.2 Å². The van der Waals surface area contributed by atoms with Gasteiger partial charge in [-0.15, -0.1) is 0 Å². The molecule has 0 aliphatic carbocycles. The van der Waals surface area contributed by atoms with Crippen molar-refractivity contribution in [2.75, 3.05) is 20.3 Å². The van der Waals surface area contributed by atoms with Crippen molar-refractivity contribution in [1.82, 2.24) is 4.57 Å². The molecule has 3 aromatic rings. The van der Waals surface area contributed by atoms with E-state index in [1.54, 1.807) is 19.2 Å². The number of ether oxygens (including phenoxy) is 3. The van der Waals surface area contributed by atoms with Gasteiger partial charge in [0.1, 0.15) is 11.5 Å². The fourth-order valence-electron chi connectivity index (χ4n) is 3.39. The van der Waals surface area contributed by atoms with Crippen molar-refractivity contribution in [3.8, 4) is 11.5 Å². The van der Waals surface area contributed by atoms with Crippen molar-refractivity contribution < 1.29 is 23.8 Å². The molecule has 1 heterocycles. The van der Waals surface area contributed by atoms with Crippen molar-refractivity contribution in [2.45, 2.75) is 26.8 Å². The first kappa shape index (κ1) is 22.2. The lowest BCUT2D eigenvalue weighted by atomic mass is 10.1. The van der Waals surface area contributed by atoms with Gasteiger partial charge in [-0.3, -0.25) is 4.79 Å². The lowest BCUT2D eigenvalue weighted by Crippen LogP contribution is -2.20. The maximum atomic E-state index is 12.6. The molecule has 0 amide bonds. The highest BCUT2D eigenvalue weighted by molar-refractivity contribution is 5.99. The average molecular weight is 421 g/mol. The van der Waals surface area contributed by atoms with Crippen LogP contribution in [0.2, 0.25) is 0 Å². The summed E-state index contributed by atoms with van der Waals surface area (Å²) in [7, 11) is 1.65. The highest BCUT2D eigenvalue weighted by Gasteiger charge is 2.17. The van der Waals surface area contributed by atoms with Crippen molar-refractivity contribution >= 4 is 11.8 Å². The first-order valence-corrected chi connectivity index (χ1v) is 10.1. The van der Waals surface area contributed by atoms with Gasteiger partial charge < -0.3 is 18.8 Å². The number of hydrogen-bond donors (Lipinski definition) is 0. The van der Waals surface area contributed by atoms with Gasteiger partial charge in [0.2, 0.25) is 5.78 Å². The molecule has 6 heteroatoms. The third kappa shape index (κ3) is 5.98. The number of ketones is 1. The summed E-state index contributed by atoms with van der Waals surface area (Å²) in [5.41, 5.74) is 3.62. The van der Waals surface area contributed by atoms with Crippen LogP contribution in [0.4, 0.5) is 0 Å². The van der Waals surface area contributed by atoms with Gasteiger partial charge in [-0.1, -0.05) is 30.3 Å². The molecule has 2 aromatic carbocycles. The number of hydrogen-bond acceptors (Lipinski definition) is 5. The molecule has 31 heavy (non-hydrogen) atoms. The van der Waals surface area contributed by atoms with Crippen LogP contribution < -0.4 is 9.47 Å². The zero-order valence-electron chi connectivity index (χ0n) is 18.1. The lowest BCUT2D eigenvalue weighted by Gasteiger charge is -2.10. The SMILES string of the molecule is COc1ccc(CCn2c(C)cc(C(=O)COC(=O)COc3ccccc3)c2C)cc1. The number of para-hydroxylation sites is 1.